The van der Waals surface area contributed by atoms with Crippen LogP contribution < -0.4 is 11.1 Å². The van der Waals surface area contributed by atoms with Crippen molar-refractivity contribution >= 4 is 5.91 Å². The van der Waals surface area contributed by atoms with Gasteiger partial charge in [-0.15, -0.1) is 0 Å². The van der Waals surface area contributed by atoms with Gasteiger partial charge in [0.25, 0.3) is 0 Å². The van der Waals surface area contributed by atoms with E-state index in [1.54, 1.807) is 0 Å². The molecule has 0 spiro atoms. The van der Waals surface area contributed by atoms with Crippen molar-refractivity contribution in [2.24, 2.45) is 11.7 Å². The molecule has 3 atom stereocenters. The summed E-state index contributed by atoms with van der Waals surface area (Å²) >= 11 is 0. The van der Waals surface area contributed by atoms with E-state index in [0.717, 1.165) is 25.4 Å². The lowest BCUT2D eigenvalue weighted by Crippen LogP contribution is -2.58. The SMILES string of the molecule is CCC1CCCN(C(C)CC(C)(NC(C)C)C(N)=O)CC1. The number of hydrogen-bond donors (Lipinski definition) is 2. The minimum absolute atomic E-state index is 0.246. The predicted octanol–water partition coefficient (Wildman–Crippen LogP) is 2.52. The molecule has 0 saturated carbocycles. The van der Waals surface area contributed by atoms with Gasteiger partial charge in [0.15, 0.2) is 0 Å². The molecule has 124 valence electrons. The number of primary amides is 1. The van der Waals surface area contributed by atoms with Gasteiger partial charge in [0.1, 0.15) is 0 Å². The Morgan fingerprint density at radius 2 is 2.00 bits per heavy atom. The van der Waals surface area contributed by atoms with Crippen LogP contribution in [0.3, 0.4) is 0 Å². The van der Waals surface area contributed by atoms with Crippen molar-refractivity contribution in [3.05, 3.63) is 0 Å². The van der Waals surface area contributed by atoms with Crippen LogP contribution in [0.5, 0.6) is 0 Å². The van der Waals surface area contributed by atoms with Gasteiger partial charge in [-0.1, -0.05) is 13.3 Å². The average Bonchev–Trinajstić information content (AvgIpc) is 2.62. The first-order chi connectivity index (χ1) is 9.78. The number of nitrogens with one attached hydrogen (secondary N) is 1. The van der Waals surface area contributed by atoms with E-state index in [4.69, 9.17) is 5.73 Å². The Bertz CT molecular complexity index is 332. The predicted molar refractivity (Wildman–Crippen MR) is 89.2 cm³/mol. The highest BCUT2D eigenvalue weighted by molar-refractivity contribution is 5.84. The topological polar surface area (TPSA) is 58.4 Å². The zero-order valence-electron chi connectivity index (χ0n) is 14.6. The molecule has 1 fully saturated rings. The lowest BCUT2D eigenvalue weighted by molar-refractivity contribution is -0.124. The van der Waals surface area contributed by atoms with Crippen LogP contribution in [0.1, 0.15) is 66.7 Å². The first kappa shape index (κ1) is 18.4. The molecule has 0 aromatic rings. The summed E-state index contributed by atoms with van der Waals surface area (Å²) in [6.45, 7) is 12.9. The molecule has 1 aliphatic heterocycles. The van der Waals surface area contributed by atoms with Crippen molar-refractivity contribution in [3.63, 3.8) is 0 Å². The number of nitrogens with zero attached hydrogens (tertiary/aromatic N) is 1. The van der Waals surface area contributed by atoms with Crippen molar-refractivity contribution in [3.8, 4) is 0 Å². The highest BCUT2D eigenvalue weighted by Crippen LogP contribution is 2.24. The van der Waals surface area contributed by atoms with Gasteiger partial charge in [0, 0.05) is 12.1 Å². The summed E-state index contributed by atoms with van der Waals surface area (Å²) in [7, 11) is 0. The zero-order valence-corrected chi connectivity index (χ0v) is 14.6. The number of nitrogens with two attached hydrogens (primary N) is 1. The second-order valence-corrected chi connectivity index (χ2v) is 7.29. The number of hydrogen-bond acceptors (Lipinski definition) is 3. The van der Waals surface area contributed by atoms with Crippen LogP contribution in [0.25, 0.3) is 0 Å². The van der Waals surface area contributed by atoms with Crippen molar-refractivity contribution in [2.45, 2.75) is 84.3 Å². The standard InChI is InChI=1S/C17H35N3O/c1-6-15-8-7-10-20(11-9-15)14(4)12-17(5,16(18)21)19-13(2)3/h13-15,19H,6-12H2,1-5H3,(H2,18,21). The Kier molecular flexibility index (Phi) is 7.14. The molecule has 0 radical (unpaired) electrons. The monoisotopic (exact) mass is 297 g/mol. The Morgan fingerprint density at radius 1 is 1.33 bits per heavy atom. The second kappa shape index (κ2) is 8.14. The minimum Gasteiger partial charge on any atom is -0.368 e. The summed E-state index contributed by atoms with van der Waals surface area (Å²) in [4.78, 5) is 14.4. The maximum atomic E-state index is 11.9. The number of rotatable bonds is 7. The van der Waals surface area contributed by atoms with Gasteiger partial charge >= 0.3 is 0 Å². The fraction of sp³-hybridized carbons (Fsp3) is 0.941. The molecule has 0 aliphatic carbocycles. The average molecular weight is 297 g/mol. The minimum atomic E-state index is -0.621. The van der Waals surface area contributed by atoms with E-state index in [1.807, 2.05) is 6.92 Å². The first-order valence-electron chi connectivity index (χ1n) is 8.60. The highest BCUT2D eigenvalue weighted by atomic mass is 16.1. The molecule has 1 heterocycles. The molecule has 4 nitrogen and oxygen atoms in total. The Morgan fingerprint density at radius 3 is 2.52 bits per heavy atom. The van der Waals surface area contributed by atoms with Crippen molar-refractivity contribution in [1.82, 2.24) is 10.2 Å². The quantitative estimate of drug-likeness (QED) is 0.759. The Balaban J connectivity index is 2.64. The lowest BCUT2D eigenvalue weighted by Gasteiger charge is -2.36. The van der Waals surface area contributed by atoms with Gasteiger partial charge in [-0.2, -0.15) is 0 Å². The van der Waals surface area contributed by atoms with E-state index in [2.05, 4.69) is 37.9 Å². The molecule has 1 saturated heterocycles. The fourth-order valence-corrected chi connectivity index (χ4v) is 3.62. The molecule has 3 N–H and O–H groups in total. The first-order valence-corrected chi connectivity index (χ1v) is 8.60. The summed E-state index contributed by atoms with van der Waals surface area (Å²) in [5.41, 5.74) is 5.03. The third-order valence-electron chi connectivity index (χ3n) is 4.94. The number of likely N-dealkylation sites (tertiary alicyclic amines) is 1. The van der Waals surface area contributed by atoms with Gasteiger partial charge in [-0.05, 0) is 72.4 Å². The molecule has 1 amide bonds. The van der Waals surface area contributed by atoms with E-state index in [-0.39, 0.29) is 11.9 Å². The van der Waals surface area contributed by atoms with Gasteiger partial charge in [0.2, 0.25) is 5.91 Å². The molecule has 4 heteroatoms. The number of amides is 1. The van der Waals surface area contributed by atoms with Crippen LogP contribution in [0.15, 0.2) is 0 Å². The van der Waals surface area contributed by atoms with Gasteiger partial charge in [0.05, 0.1) is 5.54 Å². The van der Waals surface area contributed by atoms with Gasteiger partial charge < -0.3 is 16.0 Å². The largest absolute Gasteiger partial charge is 0.368 e. The van der Waals surface area contributed by atoms with E-state index < -0.39 is 5.54 Å². The zero-order chi connectivity index (χ0) is 16.0. The van der Waals surface area contributed by atoms with Crippen LogP contribution in [-0.4, -0.2) is 41.5 Å². The van der Waals surface area contributed by atoms with Crippen LogP contribution >= 0.6 is 0 Å². The smallest absolute Gasteiger partial charge is 0.237 e. The molecule has 0 aromatic carbocycles. The summed E-state index contributed by atoms with van der Waals surface area (Å²) in [5.74, 6) is 0.628. The molecular weight excluding hydrogens is 262 g/mol. The molecule has 0 aromatic heterocycles. The summed E-state index contributed by atoms with van der Waals surface area (Å²) in [6, 6.07) is 0.632. The van der Waals surface area contributed by atoms with E-state index >= 15 is 0 Å². The highest BCUT2D eigenvalue weighted by Gasteiger charge is 2.35. The number of carbonyl (C=O) groups is 1. The van der Waals surface area contributed by atoms with Gasteiger partial charge in [-0.3, -0.25) is 4.79 Å². The van der Waals surface area contributed by atoms with E-state index in [9.17, 15) is 4.79 Å². The normalized spacial score (nSPS) is 25.3. The van der Waals surface area contributed by atoms with Crippen LogP contribution in [0.4, 0.5) is 0 Å². The summed E-state index contributed by atoms with van der Waals surface area (Å²) in [6.07, 6.45) is 5.96. The third-order valence-corrected chi connectivity index (χ3v) is 4.94. The maximum absolute atomic E-state index is 11.9. The molecular formula is C17H35N3O. The Hall–Kier alpha value is -0.610. The third kappa shape index (κ3) is 5.59. The fourth-order valence-electron chi connectivity index (χ4n) is 3.62. The van der Waals surface area contributed by atoms with Crippen molar-refractivity contribution < 1.29 is 4.79 Å². The number of carbonyl (C=O) groups excluding carboxylic acids is 1. The van der Waals surface area contributed by atoms with Crippen LogP contribution in [0.2, 0.25) is 0 Å². The van der Waals surface area contributed by atoms with Crippen molar-refractivity contribution in [2.75, 3.05) is 13.1 Å². The molecule has 1 aliphatic rings. The van der Waals surface area contributed by atoms with Crippen LogP contribution in [0, 0.1) is 5.92 Å². The lowest BCUT2D eigenvalue weighted by atomic mass is 9.91. The van der Waals surface area contributed by atoms with E-state index in [0.29, 0.717) is 6.04 Å². The summed E-state index contributed by atoms with van der Waals surface area (Å²) in [5, 5.41) is 3.36. The summed E-state index contributed by atoms with van der Waals surface area (Å²) < 4.78 is 0. The molecule has 21 heavy (non-hydrogen) atoms. The maximum Gasteiger partial charge on any atom is 0.237 e. The second-order valence-electron chi connectivity index (χ2n) is 7.29. The van der Waals surface area contributed by atoms with Crippen LogP contribution in [-0.2, 0) is 4.79 Å². The van der Waals surface area contributed by atoms with Gasteiger partial charge in [-0.25, -0.2) is 0 Å². The van der Waals surface area contributed by atoms with Crippen molar-refractivity contribution in [1.29, 1.82) is 0 Å². The molecule has 1 rings (SSSR count). The van der Waals surface area contributed by atoms with E-state index in [1.165, 1.54) is 25.7 Å². The Labute approximate surface area is 130 Å². The molecule has 0 bridgehead atoms. The molecule has 3 unspecified atom stereocenters.